The summed E-state index contributed by atoms with van der Waals surface area (Å²) in [6, 6.07) is 11.5. The molecule has 0 radical (unpaired) electrons. The van der Waals surface area contributed by atoms with Gasteiger partial charge in [-0.25, -0.2) is 0 Å². The first-order chi connectivity index (χ1) is 9.74. The van der Waals surface area contributed by atoms with Crippen molar-refractivity contribution in [2.24, 2.45) is 7.05 Å². The lowest BCUT2D eigenvalue weighted by molar-refractivity contribution is -0.121. The molecule has 5 heteroatoms. The van der Waals surface area contributed by atoms with Crippen molar-refractivity contribution < 1.29 is 9.53 Å². The number of thiophene rings is 1. The molecule has 0 atom stereocenters. The van der Waals surface area contributed by atoms with Gasteiger partial charge in [0.2, 0.25) is 5.88 Å². The Bertz CT molecular complexity index is 833. The van der Waals surface area contributed by atoms with Crippen molar-refractivity contribution in [2.45, 2.75) is 0 Å². The Balaban J connectivity index is 2.47. The second kappa shape index (κ2) is 4.94. The third kappa shape index (κ3) is 1.83. The molecule has 4 nitrogen and oxygen atoms in total. The molecule has 2 aromatic heterocycles. The van der Waals surface area contributed by atoms with Crippen LogP contribution in [0.2, 0.25) is 0 Å². The number of hydrogen-bond donors (Lipinski definition) is 0. The van der Waals surface area contributed by atoms with Crippen LogP contribution in [-0.2, 0) is 11.8 Å². The predicted octanol–water partition coefficient (Wildman–Crippen LogP) is 2.80. The molecule has 0 fully saturated rings. The fraction of sp³-hybridized carbons (Fsp3) is 0.0667. The Hall–Kier alpha value is -2.40. The number of carbonyl (C=O) groups excluding carboxylic acids is 1. The lowest BCUT2D eigenvalue weighted by Crippen LogP contribution is -2.19. The lowest BCUT2D eigenvalue weighted by atomic mass is 10.0. The second-order valence-corrected chi connectivity index (χ2v) is 5.20. The topological polar surface area (TPSA) is 48.3 Å². The monoisotopic (exact) mass is 285 g/mol. The van der Waals surface area contributed by atoms with E-state index >= 15 is 0 Å². The van der Waals surface area contributed by atoms with Crippen LogP contribution in [0.25, 0.3) is 21.2 Å². The highest BCUT2D eigenvalue weighted by molar-refractivity contribution is 7.17. The molecule has 3 aromatic rings. The second-order valence-electron chi connectivity index (χ2n) is 4.29. The summed E-state index contributed by atoms with van der Waals surface area (Å²) in [5.74, 6) is 0.266. The molecule has 0 spiro atoms. The first-order valence-electron chi connectivity index (χ1n) is 6.00. The molecule has 2 heterocycles. The summed E-state index contributed by atoms with van der Waals surface area (Å²) in [4.78, 5) is 23.0. The summed E-state index contributed by atoms with van der Waals surface area (Å²) in [5.41, 5.74) is 1.51. The minimum atomic E-state index is -0.161. The average molecular weight is 285 g/mol. The zero-order valence-electron chi connectivity index (χ0n) is 10.7. The van der Waals surface area contributed by atoms with E-state index in [-0.39, 0.29) is 11.4 Å². The van der Waals surface area contributed by atoms with Crippen molar-refractivity contribution in [2.75, 3.05) is 0 Å². The number of benzene rings is 1. The minimum Gasteiger partial charge on any atom is -0.411 e. The van der Waals surface area contributed by atoms with E-state index in [1.807, 2.05) is 41.8 Å². The quantitative estimate of drug-likeness (QED) is 0.695. The van der Waals surface area contributed by atoms with Crippen LogP contribution in [0, 0.1) is 0 Å². The number of pyridine rings is 1. The van der Waals surface area contributed by atoms with E-state index in [4.69, 9.17) is 4.74 Å². The molecule has 0 aliphatic rings. The van der Waals surface area contributed by atoms with Gasteiger partial charge in [0.25, 0.3) is 12.0 Å². The summed E-state index contributed by atoms with van der Waals surface area (Å²) in [6.45, 7) is 0.347. The number of fused-ring (bicyclic) bond motifs is 1. The summed E-state index contributed by atoms with van der Waals surface area (Å²) >= 11 is 1.39. The fourth-order valence-electron chi connectivity index (χ4n) is 2.27. The Labute approximate surface area is 118 Å². The molecule has 100 valence electrons. The van der Waals surface area contributed by atoms with E-state index in [1.165, 1.54) is 15.9 Å². The van der Waals surface area contributed by atoms with E-state index in [2.05, 4.69) is 0 Å². The van der Waals surface area contributed by atoms with Gasteiger partial charge in [-0.3, -0.25) is 14.2 Å². The van der Waals surface area contributed by atoms with Crippen molar-refractivity contribution >= 4 is 27.9 Å². The van der Waals surface area contributed by atoms with Crippen LogP contribution in [0.15, 0.2) is 46.6 Å². The average Bonchev–Trinajstić information content (AvgIpc) is 2.95. The number of rotatable bonds is 3. The Kier molecular flexibility index (Phi) is 3.12. The highest BCUT2D eigenvalue weighted by Crippen LogP contribution is 2.36. The molecule has 0 N–H and O–H groups in total. The van der Waals surface area contributed by atoms with Crippen LogP contribution in [0.4, 0.5) is 0 Å². The molecule has 1 aromatic carbocycles. The summed E-state index contributed by atoms with van der Waals surface area (Å²) in [5, 5.41) is 2.67. The van der Waals surface area contributed by atoms with E-state index in [9.17, 15) is 9.59 Å². The van der Waals surface area contributed by atoms with Crippen molar-refractivity contribution in [3.63, 3.8) is 0 Å². The van der Waals surface area contributed by atoms with Crippen LogP contribution in [-0.4, -0.2) is 11.0 Å². The van der Waals surface area contributed by atoms with Crippen LogP contribution >= 0.6 is 11.3 Å². The van der Waals surface area contributed by atoms with Crippen molar-refractivity contribution in [3.8, 4) is 17.0 Å². The van der Waals surface area contributed by atoms with Crippen molar-refractivity contribution in [3.05, 3.63) is 52.1 Å². The highest BCUT2D eigenvalue weighted by Gasteiger charge is 2.18. The largest absolute Gasteiger partial charge is 0.411 e. The molecule has 0 unspecified atom stereocenters. The first-order valence-corrected chi connectivity index (χ1v) is 6.88. The molecule has 0 bridgehead atoms. The van der Waals surface area contributed by atoms with Crippen LogP contribution < -0.4 is 10.3 Å². The van der Waals surface area contributed by atoms with Crippen LogP contribution in [0.3, 0.4) is 0 Å². The fourth-order valence-corrected chi connectivity index (χ4v) is 3.14. The minimum absolute atomic E-state index is 0.161. The molecule has 0 aliphatic heterocycles. The molecule has 0 saturated carbocycles. The number of aromatic nitrogens is 1. The van der Waals surface area contributed by atoms with Crippen LogP contribution in [0.1, 0.15) is 0 Å². The Morgan fingerprint density at radius 3 is 2.65 bits per heavy atom. The number of ether oxygens (including phenoxy) is 1. The number of nitrogens with zero attached hydrogens (tertiary/aromatic N) is 1. The third-order valence-electron chi connectivity index (χ3n) is 3.17. The van der Waals surface area contributed by atoms with E-state index in [0.29, 0.717) is 11.2 Å². The normalized spacial score (nSPS) is 10.7. The lowest BCUT2D eigenvalue weighted by Gasteiger charge is -2.13. The van der Waals surface area contributed by atoms with Gasteiger partial charge < -0.3 is 4.74 Å². The van der Waals surface area contributed by atoms with E-state index in [0.717, 1.165) is 16.5 Å². The van der Waals surface area contributed by atoms with E-state index in [1.54, 1.807) is 7.05 Å². The van der Waals surface area contributed by atoms with Gasteiger partial charge in [0.05, 0.1) is 5.56 Å². The third-order valence-corrected chi connectivity index (χ3v) is 4.08. The van der Waals surface area contributed by atoms with Crippen LogP contribution in [0.5, 0.6) is 5.88 Å². The van der Waals surface area contributed by atoms with Gasteiger partial charge in [0.15, 0.2) is 0 Å². The summed E-state index contributed by atoms with van der Waals surface area (Å²) < 4.78 is 7.10. The Morgan fingerprint density at radius 1 is 1.20 bits per heavy atom. The van der Waals surface area contributed by atoms with Gasteiger partial charge in [-0.15, -0.1) is 11.3 Å². The first kappa shape index (κ1) is 12.6. The maximum atomic E-state index is 12.2. The molecular formula is C15H11NO3S. The van der Waals surface area contributed by atoms with Gasteiger partial charge in [-0.1, -0.05) is 30.3 Å². The summed E-state index contributed by atoms with van der Waals surface area (Å²) in [7, 11) is 1.60. The van der Waals surface area contributed by atoms with Crippen molar-refractivity contribution in [1.29, 1.82) is 0 Å². The molecule has 0 saturated heterocycles. The standard InChI is InChI=1S/C15H11NO3S/c1-16-14(18)13-11(7-8-20-13)12(15(16)19-9-17)10-5-3-2-4-6-10/h2-9H,1H3. The van der Waals surface area contributed by atoms with Gasteiger partial charge in [-0.05, 0) is 17.0 Å². The van der Waals surface area contributed by atoms with Gasteiger partial charge >= 0.3 is 0 Å². The van der Waals surface area contributed by atoms with Gasteiger partial charge in [0.1, 0.15) is 4.70 Å². The summed E-state index contributed by atoms with van der Waals surface area (Å²) in [6.07, 6.45) is 0. The number of hydrogen-bond acceptors (Lipinski definition) is 4. The maximum absolute atomic E-state index is 12.2. The smallest absolute Gasteiger partial charge is 0.299 e. The van der Waals surface area contributed by atoms with Crippen molar-refractivity contribution in [1.82, 2.24) is 4.57 Å². The zero-order valence-corrected chi connectivity index (χ0v) is 11.5. The van der Waals surface area contributed by atoms with Gasteiger partial charge in [0, 0.05) is 12.4 Å². The SMILES string of the molecule is Cn1c(OC=O)c(-c2ccccc2)c2ccsc2c1=O. The molecular weight excluding hydrogens is 274 g/mol. The highest BCUT2D eigenvalue weighted by atomic mass is 32.1. The molecule has 0 amide bonds. The predicted molar refractivity (Wildman–Crippen MR) is 79.2 cm³/mol. The molecule has 20 heavy (non-hydrogen) atoms. The molecule has 0 aliphatic carbocycles. The Morgan fingerprint density at radius 2 is 1.95 bits per heavy atom. The zero-order chi connectivity index (χ0) is 14.1. The maximum Gasteiger partial charge on any atom is 0.299 e. The van der Waals surface area contributed by atoms with E-state index < -0.39 is 0 Å². The van der Waals surface area contributed by atoms with Gasteiger partial charge in [-0.2, -0.15) is 0 Å². The number of carbonyl (C=O) groups is 1. The molecule has 3 rings (SSSR count).